The first-order valence-electron chi connectivity index (χ1n) is 6.78. The molecule has 3 N–H and O–H groups in total. The maximum absolute atomic E-state index is 11.9. The normalized spacial score (nSPS) is 10.4. The van der Waals surface area contributed by atoms with Gasteiger partial charge in [0.25, 0.3) is 5.91 Å². The van der Waals surface area contributed by atoms with Crippen molar-refractivity contribution in [3.8, 4) is 0 Å². The Morgan fingerprint density at radius 3 is 2.63 bits per heavy atom. The van der Waals surface area contributed by atoms with Crippen LogP contribution >= 0.6 is 11.8 Å². The zero-order chi connectivity index (χ0) is 14.1. The minimum Gasteiger partial charge on any atom is -0.399 e. The first kappa shape index (κ1) is 15.9. The number of benzene rings is 1. The van der Waals surface area contributed by atoms with Crippen molar-refractivity contribution < 1.29 is 4.79 Å². The van der Waals surface area contributed by atoms with E-state index in [0.717, 1.165) is 18.5 Å². The molecule has 4 heteroatoms. The largest absolute Gasteiger partial charge is 0.399 e. The molecule has 1 aromatic rings. The first-order valence-corrected chi connectivity index (χ1v) is 8.17. The van der Waals surface area contributed by atoms with Crippen molar-refractivity contribution in [2.24, 2.45) is 0 Å². The van der Waals surface area contributed by atoms with Crippen LogP contribution < -0.4 is 11.1 Å². The van der Waals surface area contributed by atoms with E-state index >= 15 is 0 Å². The van der Waals surface area contributed by atoms with Gasteiger partial charge >= 0.3 is 0 Å². The van der Waals surface area contributed by atoms with Gasteiger partial charge in [0, 0.05) is 17.8 Å². The summed E-state index contributed by atoms with van der Waals surface area (Å²) in [5.74, 6) is 1.20. The summed E-state index contributed by atoms with van der Waals surface area (Å²) in [5.41, 5.74) is 8.05. The van der Waals surface area contributed by atoms with E-state index in [9.17, 15) is 4.79 Å². The number of amides is 1. The number of unbranched alkanes of at least 4 members (excludes halogenated alkanes) is 3. The number of nitrogens with one attached hydrogen (secondary N) is 1. The monoisotopic (exact) mass is 280 g/mol. The summed E-state index contributed by atoms with van der Waals surface area (Å²) >= 11 is 1.89. The highest BCUT2D eigenvalue weighted by atomic mass is 32.2. The van der Waals surface area contributed by atoms with Crippen LogP contribution in [0.2, 0.25) is 0 Å². The van der Waals surface area contributed by atoms with Gasteiger partial charge in [-0.3, -0.25) is 4.79 Å². The number of thioether (sulfide) groups is 1. The summed E-state index contributed by atoms with van der Waals surface area (Å²) in [6.45, 7) is 2.69. The van der Waals surface area contributed by atoms with Gasteiger partial charge in [-0.1, -0.05) is 12.8 Å². The van der Waals surface area contributed by atoms with E-state index in [-0.39, 0.29) is 5.91 Å². The lowest BCUT2D eigenvalue weighted by Crippen LogP contribution is -2.24. The molecular formula is C15H24N2OS. The molecule has 0 atom stereocenters. The van der Waals surface area contributed by atoms with E-state index in [0.29, 0.717) is 11.3 Å². The van der Waals surface area contributed by atoms with Crippen molar-refractivity contribution in [1.29, 1.82) is 0 Å². The second-order valence-corrected chi connectivity index (χ2v) is 5.78. The molecule has 0 heterocycles. The van der Waals surface area contributed by atoms with Gasteiger partial charge in [0.15, 0.2) is 0 Å². The van der Waals surface area contributed by atoms with Crippen molar-refractivity contribution in [3.05, 3.63) is 29.3 Å². The van der Waals surface area contributed by atoms with E-state index in [4.69, 9.17) is 5.73 Å². The summed E-state index contributed by atoms with van der Waals surface area (Å²) in [6, 6.07) is 5.45. The Morgan fingerprint density at radius 2 is 1.95 bits per heavy atom. The standard InChI is InChI=1S/C15H24N2OS/c1-12-9-13(11-14(16)10-12)15(18)17-7-5-3-4-6-8-19-2/h9-11H,3-8,16H2,1-2H3,(H,17,18). The second-order valence-electron chi connectivity index (χ2n) is 4.80. The average Bonchev–Trinajstić information content (AvgIpc) is 2.36. The van der Waals surface area contributed by atoms with E-state index in [1.807, 2.05) is 30.8 Å². The number of carbonyl (C=O) groups is 1. The Morgan fingerprint density at radius 1 is 1.21 bits per heavy atom. The number of rotatable bonds is 8. The minimum atomic E-state index is -0.0282. The van der Waals surface area contributed by atoms with Crippen LogP contribution in [0.4, 0.5) is 5.69 Å². The molecule has 0 aliphatic heterocycles. The summed E-state index contributed by atoms with van der Waals surface area (Å²) in [4.78, 5) is 11.9. The SMILES string of the molecule is CSCCCCCCNC(=O)c1cc(C)cc(N)c1. The van der Waals surface area contributed by atoms with Gasteiger partial charge in [0.1, 0.15) is 0 Å². The minimum absolute atomic E-state index is 0.0282. The molecule has 0 unspecified atom stereocenters. The fraction of sp³-hybridized carbons (Fsp3) is 0.533. The van der Waals surface area contributed by atoms with Gasteiger partial charge in [-0.05, 0) is 55.5 Å². The fourth-order valence-electron chi connectivity index (χ4n) is 1.97. The Kier molecular flexibility index (Phi) is 7.41. The smallest absolute Gasteiger partial charge is 0.251 e. The Labute approximate surface area is 120 Å². The summed E-state index contributed by atoms with van der Waals surface area (Å²) in [5, 5.41) is 2.94. The van der Waals surface area contributed by atoms with Crippen molar-refractivity contribution in [2.75, 3.05) is 24.3 Å². The number of nitrogens with two attached hydrogens (primary N) is 1. The van der Waals surface area contributed by atoms with Crippen LogP contribution in [0, 0.1) is 6.92 Å². The Hall–Kier alpha value is -1.16. The molecule has 0 aliphatic carbocycles. The van der Waals surface area contributed by atoms with E-state index in [2.05, 4.69) is 11.6 Å². The maximum Gasteiger partial charge on any atom is 0.251 e. The van der Waals surface area contributed by atoms with Crippen LogP contribution in [-0.2, 0) is 0 Å². The molecular weight excluding hydrogens is 256 g/mol. The molecule has 0 fully saturated rings. The molecule has 0 aliphatic rings. The summed E-state index contributed by atoms with van der Waals surface area (Å²) in [6.07, 6.45) is 6.86. The molecule has 0 saturated heterocycles. The van der Waals surface area contributed by atoms with Crippen molar-refractivity contribution in [2.45, 2.75) is 32.6 Å². The number of anilines is 1. The van der Waals surface area contributed by atoms with Crippen molar-refractivity contribution >= 4 is 23.4 Å². The average molecular weight is 280 g/mol. The predicted octanol–water partition coefficient (Wildman–Crippen LogP) is 3.23. The molecule has 106 valence electrons. The molecule has 1 aromatic carbocycles. The fourth-order valence-corrected chi connectivity index (χ4v) is 2.47. The molecule has 0 saturated carbocycles. The number of hydrogen-bond acceptors (Lipinski definition) is 3. The third-order valence-electron chi connectivity index (χ3n) is 2.92. The lowest BCUT2D eigenvalue weighted by Gasteiger charge is -2.07. The zero-order valence-corrected chi connectivity index (χ0v) is 12.7. The predicted molar refractivity (Wildman–Crippen MR) is 84.8 cm³/mol. The lowest BCUT2D eigenvalue weighted by molar-refractivity contribution is 0.0953. The molecule has 3 nitrogen and oxygen atoms in total. The number of hydrogen-bond donors (Lipinski definition) is 2. The third kappa shape index (κ3) is 6.53. The highest BCUT2D eigenvalue weighted by Gasteiger charge is 2.05. The second kappa shape index (κ2) is 8.86. The van der Waals surface area contributed by atoms with Crippen molar-refractivity contribution in [1.82, 2.24) is 5.32 Å². The number of carbonyl (C=O) groups excluding carboxylic acids is 1. The maximum atomic E-state index is 11.9. The van der Waals surface area contributed by atoms with E-state index < -0.39 is 0 Å². The summed E-state index contributed by atoms with van der Waals surface area (Å²) in [7, 11) is 0. The highest BCUT2D eigenvalue weighted by Crippen LogP contribution is 2.11. The molecule has 1 rings (SSSR count). The van der Waals surface area contributed by atoms with Gasteiger partial charge in [-0.25, -0.2) is 0 Å². The number of aryl methyl sites for hydroxylation is 1. The highest BCUT2D eigenvalue weighted by molar-refractivity contribution is 7.98. The quantitative estimate of drug-likeness (QED) is 0.568. The molecule has 19 heavy (non-hydrogen) atoms. The van der Waals surface area contributed by atoms with Gasteiger partial charge in [0.2, 0.25) is 0 Å². The lowest BCUT2D eigenvalue weighted by atomic mass is 10.1. The van der Waals surface area contributed by atoms with Crippen LogP contribution in [0.3, 0.4) is 0 Å². The molecule has 1 amide bonds. The molecule has 0 spiro atoms. The third-order valence-corrected chi connectivity index (χ3v) is 3.62. The van der Waals surface area contributed by atoms with Gasteiger partial charge in [0.05, 0.1) is 0 Å². The van der Waals surface area contributed by atoms with Crippen LogP contribution in [-0.4, -0.2) is 24.5 Å². The molecule has 0 bridgehead atoms. The molecule has 0 radical (unpaired) electrons. The van der Waals surface area contributed by atoms with Crippen LogP contribution in [0.1, 0.15) is 41.6 Å². The zero-order valence-electron chi connectivity index (χ0n) is 11.9. The first-order chi connectivity index (χ1) is 9.13. The van der Waals surface area contributed by atoms with Gasteiger partial charge < -0.3 is 11.1 Å². The Bertz CT molecular complexity index is 387. The van der Waals surface area contributed by atoms with E-state index in [1.165, 1.54) is 25.0 Å². The van der Waals surface area contributed by atoms with Crippen molar-refractivity contribution in [3.63, 3.8) is 0 Å². The summed E-state index contributed by atoms with van der Waals surface area (Å²) < 4.78 is 0. The van der Waals surface area contributed by atoms with Crippen LogP contribution in [0.25, 0.3) is 0 Å². The van der Waals surface area contributed by atoms with Gasteiger partial charge in [-0.2, -0.15) is 11.8 Å². The topological polar surface area (TPSA) is 55.1 Å². The number of nitrogen functional groups attached to an aromatic ring is 1. The van der Waals surface area contributed by atoms with Crippen LogP contribution in [0.5, 0.6) is 0 Å². The Balaban J connectivity index is 2.24. The van der Waals surface area contributed by atoms with Crippen LogP contribution in [0.15, 0.2) is 18.2 Å². The molecule has 0 aromatic heterocycles. The van der Waals surface area contributed by atoms with Gasteiger partial charge in [-0.15, -0.1) is 0 Å². The van der Waals surface area contributed by atoms with E-state index in [1.54, 1.807) is 6.07 Å².